The second-order valence-corrected chi connectivity index (χ2v) is 6.36. The fraction of sp³-hybridized carbons (Fsp3) is 0.350. The Morgan fingerprint density at radius 2 is 1.62 bits per heavy atom. The maximum atomic E-state index is 12.5. The molecule has 3 rings (SSSR count). The summed E-state index contributed by atoms with van der Waals surface area (Å²) in [6, 6.07) is 14.9. The Kier molecular flexibility index (Phi) is 5.96. The van der Waals surface area contributed by atoms with Gasteiger partial charge in [0.2, 0.25) is 0 Å². The summed E-state index contributed by atoms with van der Waals surface area (Å²) in [6.45, 7) is 6.92. The van der Waals surface area contributed by atoms with E-state index in [1.165, 1.54) is 0 Å². The number of para-hydroxylation sites is 4. The van der Waals surface area contributed by atoms with Gasteiger partial charge in [-0.05, 0) is 38.1 Å². The van der Waals surface area contributed by atoms with Crippen molar-refractivity contribution in [3.63, 3.8) is 0 Å². The number of morpholine rings is 1. The molecule has 0 saturated carbocycles. The van der Waals surface area contributed by atoms with E-state index in [-0.39, 0.29) is 12.1 Å². The Bertz CT molecular complexity index is 743. The fourth-order valence-corrected chi connectivity index (χ4v) is 2.86. The molecule has 0 unspecified atom stereocenters. The smallest absolute Gasteiger partial charge is 0.323 e. The minimum absolute atomic E-state index is 0.0306. The molecule has 1 saturated heterocycles. The van der Waals surface area contributed by atoms with E-state index in [1.54, 1.807) is 0 Å². The zero-order chi connectivity index (χ0) is 18.4. The van der Waals surface area contributed by atoms with Crippen molar-refractivity contribution >= 4 is 23.1 Å². The van der Waals surface area contributed by atoms with Crippen molar-refractivity contribution < 1.29 is 14.3 Å². The van der Waals surface area contributed by atoms with Gasteiger partial charge in [-0.3, -0.25) is 0 Å². The predicted molar refractivity (Wildman–Crippen MR) is 104 cm³/mol. The van der Waals surface area contributed by atoms with Crippen molar-refractivity contribution in [3.8, 4) is 5.75 Å². The summed E-state index contributed by atoms with van der Waals surface area (Å²) in [4.78, 5) is 14.8. The third-order valence-electron chi connectivity index (χ3n) is 4.00. The molecule has 0 spiro atoms. The van der Waals surface area contributed by atoms with Gasteiger partial charge in [-0.2, -0.15) is 0 Å². The molecule has 2 N–H and O–H groups in total. The first-order chi connectivity index (χ1) is 12.6. The first-order valence-corrected chi connectivity index (χ1v) is 8.89. The summed E-state index contributed by atoms with van der Waals surface area (Å²) < 4.78 is 11.2. The lowest BCUT2D eigenvalue weighted by Crippen LogP contribution is -2.37. The van der Waals surface area contributed by atoms with Crippen molar-refractivity contribution in [2.75, 3.05) is 41.8 Å². The number of rotatable bonds is 5. The highest BCUT2D eigenvalue weighted by atomic mass is 16.5. The topological polar surface area (TPSA) is 62.8 Å². The third kappa shape index (κ3) is 4.67. The molecule has 0 aliphatic carbocycles. The molecule has 6 heteroatoms. The van der Waals surface area contributed by atoms with Crippen molar-refractivity contribution in [3.05, 3.63) is 48.5 Å². The van der Waals surface area contributed by atoms with Gasteiger partial charge in [0.05, 0.1) is 36.4 Å². The first kappa shape index (κ1) is 18.1. The van der Waals surface area contributed by atoms with E-state index in [4.69, 9.17) is 9.47 Å². The molecule has 138 valence electrons. The van der Waals surface area contributed by atoms with E-state index in [2.05, 4.69) is 15.5 Å². The lowest BCUT2D eigenvalue weighted by molar-refractivity contribution is 0.123. The van der Waals surface area contributed by atoms with Crippen molar-refractivity contribution in [1.82, 2.24) is 0 Å². The Labute approximate surface area is 154 Å². The van der Waals surface area contributed by atoms with Crippen LogP contribution in [-0.2, 0) is 4.74 Å². The molecule has 0 aromatic heterocycles. The van der Waals surface area contributed by atoms with E-state index < -0.39 is 0 Å². The summed E-state index contributed by atoms with van der Waals surface area (Å²) in [6.07, 6.45) is 0.0306. The standard InChI is InChI=1S/C20H25N3O3/c1-15(2)26-19-10-6-4-8-17(19)22-20(24)21-16-7-3-5-9-18(16)23-11-13-25-14-12-23/h3-10,15H,11-14H2,1-2H3,(H2,21,22,24). The van der Waals surface area contributed by atoms with Gasteiger partial charge in [-0.1, -0.05) is 24.3 Å². The van der Waals surface area contributed by atoms with Gasteiger partial charge in [0, 0.05) is 13.1 Å². The zero-order valence-corrected chi connectivity index (χ0v) is 15.2. The average molecular weight is 355 g/mol. The van der Waals surface area contributed by atoms with Crippen molar-refractivity contribution in [1.29, 1.82) is 0 Å². The summed E-state index contributed by atoms with van der Waals surface area (Å²) >= 11 is 0. The van der Waals surface area contributed by atoms with Crippen molar-refractivity contribution in [2.45, 2.75) is 20.0 Å². The lowest BCUT2D eigenvalue weighted by Gasteiger charge is -2.30. The van der Waals surface area contributed by atoms with Crippen LogP contribution in [-0.4, -0.2) is 38.4 Å². The van der Waals surface area contributed by atoms with E-state index in [1.807, 2.05) is 62.4 Å². The number of carbonyl (C=O) groups excluding carboxylic acids is 1. The summed E-state index contributed by atoms with van der Waals surface area (Å²) in [5.41, 5.74) is 2.41. The highest BCUT2D eigenvalue weighted by Crippen LogP contribution is 2.28. The number of benzene rings is 2. The molecule has 2 aromatic rings. The van der Waals surface area contributed by atoms with Crippen LogP contribution in [0.5, 0.6) is 5.75 Å². The minimum Gasteiger partial charge on any atom is -0.489 e. The molecule has 26 heavy (non-hydrogen) atoms. The van der Waals surface area contributed by atoms with Crippen LogP contribution in [0.2, 0.25) is 0 Å². The van der Waals surface area contributed by atoms with Crippen LogP contribution in [0.15, 0.2) is 48.5 Å². The van der Waals surface area contributed by atoms with Crippen LogP contribution in [0.4, 0.5) is 21.9 Å². The Balaban J connectivity index is 1.71. The van der Waals surface area contributed by atoms with E-state index >= 15 is 0 Å². The molecule has 1 aliphatic rings. The second kappa shape index (κ2) is 8.58. The second-order valence-electron chi connectivity index (χ2n) is 6.36. The molecule has 6 nitrogen and oxygen atoms in total. The number of amides is 2. The number of anilines is 3. The first-order valence-electron chi connectivity index (χ1n) is 8.89. The molecule has 0 radical (unpaired) electrons. The van der Waals surface area contributed by atoms with Crippen LogP contribution in [0.3, 0.4) is 0 Å². The van der Waals surface area contributed by atoms with Gasteiger partial charge >= 0.3 is 6.03 Å². The summed E-state index contributed by atoms with van der Waals surface area (Å²) in [5.74, 6) is 0.652. The molecule has 1 heterocycles. The molecule has 2 aromatic carbocycles. The van der Waals surface area contributed by atoms with Crippen molar-refractivity contribution in [2.24, 2.45) is 0 Å². The number of nitrogens with one attached hydrogen (secondary N) is 2. The molecule has 0 bridgehead atoms. The molecule has 1 fully saturated rings. The highest BCUT2D eigenvalue weighted by Gasteiger charge is 2.16. The van der Waals surface area contributed by atoms with Gasteiger partial charge in [-0.25, -0.2) is 4.79 Å². The molecular formula is C20H25N3O3. The van der Waals surface area contributed by atoms with Gasteiger partial charge < -0.3 is 25.0 Å². The van der Waals surface area contributed by atoms with Crippen LogP contribution in [0.1, 0.15) is 13.8 Å². The Hall–Kier alpha value is -2.73. The minimum atomic E-state index is -0.300. The van der Waals surface area contributed by atoms with E-state index in [0.29, 0.717) is 24.7 Å². The lowest BCUT2D eigenvalue weighted by atomic mass is 10.2. The number of nitrogens with zero attached hydrogens (tertiary/aromatic N) is 1. The molecule has 1 aliphatic heterocycles. The average Bonchev–Trinajstić information content (AvgIpc) is 2.64. The van der Waals surface area contributed by atoms with Crippen LogP contribution in [0.25, 0.3) is 0 Å². The molecule has 0 atom stereocenters. The molecule has 2 amide bonds. The van der Waals surface area contributed by atoms with E-state index in [9.17, 15) is 4.79 Å². The Morgan fingerprint density at radius 1 is 1.00 bits per heavy atom. The summed E-state index contributed by atoms with van der Waals surface area (Å²) in [5, 5.41) is 5.83. The van der Waals surface area contributed by atoms with E-state index in [0.717, 1.165) is 24.5 Å². The van der Waals surface area contributed by atoms with Gasteiger partial charge in [0.25, 0.3) is 0 Å². The number of hydrogen-bond acceptors (Lipinski definition) is 4. The predicted octanol–water partition coefficient (Wildman–Crippen LogP) is 3.95. The number of hydrogen-bond donors (Lipinski definition) is 2. The normalized spacial score (nSPS) is 14.2. The largest absolute Gasteiger partial charge is 0.489 e. The number of ether oxygens (including phenoxy) is 2. The number of urea groups is 1. The highest BCUT2D eigenvalue weighted by molar-refractivity contribution is 6.02. The van der Waals surface area contributed by atoms with Gasteiger partial charge in [0.1, 0.15) is 5.75 Å². The van der Waals surface area contributed by atoms with Gasteiger partial charge in [0.15, 0.2) is 0 Å². The number of carbonyl (C=O) groups is 1. The Morgan fingerprint density at radius 3 is 2.35 bits per heavy atom. The third-order valence-corrected chi connectivity index (χ3v) is 4.00. The SMILES string of the molecule is CC(C)Oc1ccccc1NC(=O)Nc1ccccc1N1CCOCC1. The zero-order valence-electron chi connectivity index (χ0n) is 15.2. The van der Waals surface area contributed by atoms with Crippen LogP contribution >= 0.6 is 0 Å². The van der Waals surface area contributed by atoms with Crippen LogP contribution in [0, 0.1) is 0 Å². The fourth-order valence-electron chi connectivity index (χ4n) is 2.86. The molecular weight excluding hydrogens is 330 g/mol. The maximum Gasteiger partial charge on any atom is 0.323 e. The quantitative estimate of drug-likeness (QED) is 0.852. The monoisotopic (exact) mass is 355 g/mol. The van der Waals surface area contributed by atoms with Crippen LogP contribution < -0.4 is 20.3 Å². The maximum absolute atomic E-state index is 12.5. The summed E-state index contributed by atoms with van der Waals surface area (Å²) in [7, 11) is 0. The van der Waals surface area contributed by atoms with Gasteiger partial charge in [-0.15, -0.1) is 0 Å².